The molecule has 3 aliphatic rings. The molecular formula is C17H18F2N2O. The molecule has 1 aromatic carbocycles. The first-order valence-electron chi connectivity index (χ1n) is 7.47. The number of likely N-dealkylation sites (N-methyl/N-ethyl adjacent to an activating group) is 1. The van der Waals surface area contributed by atoms with E-state index in [0.717, 1.165) is 18.5 Å². The van der Waals surface area contributed by atoms with E-state index >= 15 is 0 Å². The predicted molar refractivity (Wildman–Crippen MR) is 81.2 cm³/mol. The molecule has 2 aliphatic heterocycles. The molecule has 0 amide bonds. The molecule has 1 aliphatic carbocycles. The van der Waals surface area contributed by atoms with Crippen LogP contribution in [0.25, 0.3) is 0 Å². The molecule has 4 rings (SSSR count). The Hall–Kier alpha value is -1.88. The molecule has 0 bridgehead atoms. The molecule has 116 valence electrons. The Labute approximate surface area is 128 Å². The van der Waals surface area contributed by atoms with Crippen LogP contribution in [-0.4, -0.2) is 30.8 Å². The van der Waals surface area contributed by atoms with Gasteiger partial charge in [0.2, 0.25) is 0 Å². The molecule has 0 unspecified atom stereocenters. The Kier molecular flexibility index (Phi) is 2.70. The third-order valence-electron chi connectivity index (χ3n) is 4.98. The quantitative estimate of drug-likeness (QED) is 0.804. The van der Waals surface area contributed by atoms with Crippen molar-refractivity contribution < 1.29 is 13.5 Å². The first-order valence-corrected chi connectivity index (χ1v) is 7.47. The van der Waals surface area contributed by atoms with Crippen LogP contribution in [-0.2, 0) is 5.41 Å². The average molecular weight is 304 g/mol. The number of hydrogen-bond donors (Lipinski definition) is 1. The predicted octanol–water partition coefficient (Wildman–Crippen LogP) is 3.50. The van der Waals surface area contributed by atoms with E-state index in [0.29, 0.717) is 5.69 Å². The van der Waals surface area contributed by atoms with Crippen LogP contribution in [0.1, 0.15) is 18.9 Å². The Morgan fingerprint density at radius 1 is 1.36 bits per heavy atom. The van der Waals surface area contributed by atoms with E-state index in [1.807, 2.05) is 6.07 Å². The average Bonchev–Trinajstić information content (AvgIpc) is 2.95. The first-order chi connectivity index (χ1) is 10.4. The topological polar surface area (TPSA) is 24.5 Å². The van der Waals surface area contributed by atoms with Crippen molar-refractivity contribution in [2.24, 2.45) is 0 Å². The number of nitrogens with one attached hydrogen (secondary N) is 1. The summed E-state index contributed by atoms with van der Waals surface area (Å²) in [5.41, 5.74) is 2.45. The van der Waals surface area contributed by atoms with Crippen molar-refractivity contribution in [3.8, 4) is 5.75 Å². The van der Waals surface area contributed by atoms with Gasteiger partial charge in [-0.15, -0.1) is 8.78 Å². The largest absolute Gasteiger partial charge is 0.494 e. The molecule has 0 spiro atoms. The fraction of sp³-hybridized carbons (Fsp3) is 0.412. The highest BCUT2D eigenvalue weighted by Crippen LogP contribution is 2.47. The number of anilines is 1. The van der Waals surface area contributed by atoms with Gasteiger partial charge in [0.25, 0.3) is 0 Å². The van der Waals surface area contributed by atoms with Gasteiger partial charge in [0.05, 0.1) is 5.69 Å². The van der Waals surface area contributed by atoms with Gasteiger partial charge in [-0.1, -0.05) is 29.9 Å². The van der Waals surface area contributed by atoms with Gasteiger partial charge < -0.3 is 4.74 Å². The lowest BCUT2D eigenvalue weighted by Crippen LogP contribution is -2.39. The molecule has 2 atom stereocenters. The van der Waals surface area contributed by atoms with Gasteiger partial charge in [0, 0.05) is 11.5 Å². The summed E-state index contributed by atoms with van der Waals surface area (Å²) in [6.45, 7) is 3.06. The van der Waals surface area contributed by atoms with Crippen molar-refractivity contribution in [2.75, 3.05) is 18.9 Å². The van der Waals surface area contributed by atoms with E-state index in [1.165, 1.54) is 5.57 Å². The van der Waals surface area contributed by atoms with Crippen molar-refractivity contribution in [1.82, 2.24) is 4.90 Å². The number of alkyl halides is 2. The van der Waals surface area contributed by atoms with E-state index in [4.69, 9.17) is 4.74 Å². The Balaban J connectivity index is 1.78. The minimum absolute atomic E-state index is 0.162. The number of benzene rings is 1. The molecule has 0 radical (unpaired) electrons. The fourth-order valence-electron chi connectivity index (χ4n) is 3.82. The van der Waals surface area contributed by atoms with Crippen LogP contribution in [0.2, 0.25) is 0 Å². The summed E-state index contributed by atoms with van der Waals surface area (Å²) in [5, 5.41) is 2.08. The molecule has 1 saturated heterocycles. The molecule has 22 heavy (non-hydrogen) atoms. The van der Waals surface area contributed by atoms with Gasteiger partial charge in [-0.3, -0.25) is 10.2 Å². The maximum absolute atomic E-state index is 13.3. The lowest BCUT2D eigenvalue weighted by atomic mass is 9.71. The van der Waals surface area contributed by atoms with Crippen LogP contribution >= 0.6 is 0 Å². The number of rotatable bonds is 1. The number of allylic oxidation sites excluding steroid dienone is 2. The highest BCUT2D eigenvalue weighted by molar-refractivity contribution is 5.63. The van der Waals surface area contributed by atoms with E-state index in [9.17, 15) is 8.78 Å². The summed E-state index contributed by atoms with van der Waals surface area (Å²) in [4.78, 5) is 2.31. The van der Waals surface area contributed by atoms with E-state index < -0.39 is 6.23 Å². The maximum Gasteiger partial charge on any atom is 0.494 e. The van der Waals surface area contributed by atoms with Crippen molar-refractivity contribution in [3.63, 3.8) is 0 Å². The molecule has 1 N–H and O–H groups in total. The second-order valence-electron chi connectivity index (χ2n) is 6.41. The number of ether oxygens (including phenoxy) is 1. The molecule has 1 fully saturated rings. The summed E-state index contributed by atoms with van der Waals surface area (Å²) < 4.78 is 31.4. The van der Waals surface area contributed by atoms with Crippen molar-refractivity contribution in [3.05, 3.63) is 47.6 Å². The van der Waals surface area contributed by atoms with Crippen molar-refractivity contribution in [1.29, 1.82) is 0 Å². The van der Waals surface area contributed by atoms with Crippen LogP contribution in [0.4, 0.5) is 14.5 Å². The van der Waals surface area contributed by atoms with Crippen LogP contribution in [0.15, 0.2) is 42.0 Å². The van der Waals surface area contributed by atoms with E-state index in [2.05, 4.69) is 42.4 Å². The lowest BCUT2D eigenvalue weighted by Gasteiger charge is -2.36. The number of halogens is 2. The molecule has 1 aromatic rings. The van der Waals surface area contributed by atoms with Gasteiger partial charge >= 0.3 is 6.23 Å². The zero-order chi connectivity index (χ0) is 15.5. The summed E-state index contributed by atoms with van der Waals surface area (Å²) in [6, 6.07) is 5.63. The van der Waals surface area contributed by atoms with Crippen LogP contribution in [0, 0.1) is 0 Å². The number of nitrogens with zero attached hydrogens (tertiary/aromatic N) is 1. The highest BCUT2D eigenvalue weighted by atomic mass is 19.3. The fourth-order valence-corrected chi connectivity index (χ4v) is 3.82. The Bertz CT molecular complexity index is 698. The Morgan fingerprint density at radius 2 is 2.18 bits per heavy atom. The second-order valence-corrected chi connectivity index (χ2v) is 6.41. The van der Waals surface area contributed by atoms with E-state index in [-0.39, 0.29) is 17.2 Å². The molecule has 3 nitrogen and oxygen atoms in total. The van der Waals surface area contributed by atoms with E-state index in [1.54, 1.807) is 12.1 Å². The highest BCUT2D eigenvalue weighted by Gasteiger charge is 2.47. The van der Waals surface area contributed by atoms with Gasteiger partial charge in [-0.2, -0.15) is 0 Å². The molecule has 5 heteroatoms. The van der Waals surface area contributed by atoms with Crippen molar-refractivity contribution in [2.45, 2.75) is 31.0 Å². The maximum atomic E-state index is 13.3. The van der Waals surface area contributed by atoms with Gasteiger partial charge in [-0.25, -0.2) is 0 Å². The summed E-state index contributed by atoms with van der Waals surface area (Å²) in [6.07, 6.45) is 4.25. The van der Waals surface area contributed by atoms with Gasteiger partial charge in [-0.05, 0) is 44.6 Å². The molecule has 2 heterocycles. The third-order valence-corrected chi connectivity index (χ3v) is 4.98. The zero-order valence-electron chi connectivity index (χ0n) is 12.6. The van der Waals surface area contributed by atoms with Crippen LogP contribution in [0.3, 0.4) is 0 Å². The number of hydrogen-bond acceptors (Lipinski definition) is 3. The zero-order valence-corrected chi connectivity index (χ0v) is 12.6. The summed E-state index contributed by atoms with van der Waals surface area (Å²) >= 11 is 0. The van der Waals surface area contributed by atoms with Gasteiger partial charge in [0.15, 0.2) is 5.75 Å². The Morgan fingerprint density at radius 3 is 3.00 bits per heavy atom. The standard InChI is InChI=1S/C17H18F2N2O/c1-11-5-6-16(7-8-21(2)15(16)9-11)12-3-4-13-14(10-12)22-17(18,19)20-13/h3-6,9-10,15,20H,7-8H2,1-2H3/t15-,16-/m0/s1. The monoisotopic (exact) mass is 304 g/mol. The lowest BCUT2D eigenvalue weighted by molar-refractivity contribution is -0.138. The van der Waals surface area contributed by atoms with Crippen LogP contribution < -0.4 is 10.1 Å². The molecule has 0 aromatic heterocycles. The first kappa shape index (κ1) is 13.8. The van der Waals surface area contributed by atoms with Crippen molar-refractivity contribution >= 4 is 5.69 Å². The SMILES string of the molecule is CC1=C[C@@H]2N(C)CC[C@]2(c2ccc3c(c2)OC(F)(F)N3)C=C1. The second kappa shape index (κ2) is 4.32. The number of fused-ring (bicyclic) bond motifs is 2. The molecule has 0 saturated carbocycles. The van der Waals surface area contributed by atoms with Gasteiger partial charge in [0.1, 0.15) is 0 Å². The van der Waals surface area contributed by atoms with Crippen LogP contribution in [0.5, 0.6) is 5.75 Å². The molecular weight excluding hydrogens is 286 g/mol. The summed E-state index contributed by atoms with van der Waals surface area (Å²) in [5.74, 6) is 0.227. The minimum Gasteiger partial charge on any atom is -0.413 e. The number of likely N-dealkylation sites (tertiary alicyclic amines) is 1. The smallest absolute Gasteiger partial charge is 0.413 e. The summed E-state index contributed by atoms with van der Waals surface area (Å²) in [7, 11) is 2.11. The normalized spacial score (nSPS) is 32.0. The minimum atomic E-state index is -3.32. The third kappa shape index (κ3) is 1.88.